The van der Waals surface area contributed by atoms with Crippen LogP contribution in [0.5, 0.6) is 11.5 Å². The highest BCUT2D eigenvalue weighted by atomic mass is 16.5. The Hall–Kier alpha value is -3.29. The molecule has 1 fully saturated rings. The van der Waals surface area contributed by atoms with Gasteiger partial charge in [0.1, 0.15) is 0 Å². The summed E-state index contributed by atoms with van der Waals surface area (Å²) in [5, 5.41) is 5.79. The number of carbonyl (C=O) groups is 2. The van der Waals surface area contributed by atoms with Gasteiger partial charge >= 0.3 is 6.03 Å². The van der Waals surface area contributed by atoms with Crippen molar-refractivity contribution in [2.75, 3.05) is 33.9 Å². The van der Waals surface area contributed by atoms with Crippen LogP contribution in [-0.2, 0) is 6.54 Å². The molecule has 0 radical (unpaired) electrons. The zero-order valence-corrected chi connectivity index (χ0v) is 17.4. The van der Waals surface area contributed by atoms with Crippen molar-refractivity contribution in [1.29, 1.82) is 0 Å². The molecule has 2 heterocycles. The number of likely N-dealkylation sites (tertiary alicyclic amines) is 1. The Kier molecular flexibility index (Phi) is 7.48. The van der Waals surface area contributed by atoms with E-state index in [-0.39, 0.29) is 11.9 Å². The van der Waals surface area contributed by atoms with Crippen LogP contribution in [0, 0.1) is 5.92 Å². The van der Waals surface area contributed by atoms with Crippen molar-refractivity contribution >= 4 is 11.9 Å². The van der Waals surface area contributed by atoms with Crippen molar-refractivity contribution < 1.29 is 19.1 Å². The van der Waals surface area contributed by atoms with Gasteiger partial charge in [-0.2, -0.15) is 0 Å². The number of pyridine rings is 1. The lowest BCUT2D eigenvalue weighted by Gasteiger charge is -2.32. The highest BCUT2D eigenvalue weighted by Gasteiger charge is 2.23. The van der Waals surface area contributed by atoms with Crippen LogP contribution in [0.15, 0.2) is 42.7 Å². The summed E-state index contributed by atoms with van der Waals surface area (Å²) in [6.07, 6.45) is 4.99. The van der Waals surface area contributed by atoms with Crippen molar-refractivity contribution in [3.63, 3.8) is 0 Å². The maximum absolute atomic E-state index is 12.5. The molecule has 8 heteroatoms. The number of nitrogens with one attached hydrogen (secondary N) is 2. The molecule has 1 aromatic heterocycles. The van der Waals surface area contributed by atoms with Gasteiger partial charge in [-0.15, -0.1) is 0 Å². The number of amides is 3. The Bertz CT molecular complexity index is 851. The summed E-state index contributed by atoms with van der Waals surface area (Å²) in [5.41, 5.74) is 1.59. The highest BCUT2D eigenvalue weighted by Crippen LogP contribution is 2.27. The van der Waals surface area contributed by atoms with Gasteiger partial charge in [-0.3, -0.25) is 9.78 Å². The first-order valence-electron chi connectivity index (χ1n) is 10.0. The summed E-state index contributed by atoms with van der Waals surface area (Å²) in [7, 11) is 3.17. The number of urea groups is 1. The van der Waals surface area contributed by atoms with E-state index in [0.717, 1.165) is 18.4 Å². The fraction of sp³-hybridized carbons (Fsp3) is 0.409. The fourth-order valence-electron chi connectivity index (χ4n) is 3.49. The minimum atomic E-state index is -0.208. The van der Waals surface area contributed by atoms with Gasteiger partial charge in [0.15, 0.2) is 11.5 Å². The van der Waals surface area contributed by atoms with Gasteiger partial charge in [0.2, 0.25) is 0 Å². The molecule has 0 aliphatic carbocycles. The first-order valence-corrected chi connectivity index (χ1v) is 10.0. The number of rotatable bonds is 7. The molecule has 0 unspecified atom stereocenters. The maximum atomic E-state index is 12.5. The number of hydrogen-bond donors (Lipinski definition) is 2. The van der Waals surface area contributed by atoms with Gasteiger partial charge in [-0.05, 0) is 48.6 Å². The van der Waals surface area contributed by atoms with Gasteiger partial charge in [0.05, 0.1) is 14.2 Å². The van der Waals surface area contributed by atoms with Crippen LogP contribution in [0.3, 0.4) is 0 Å². The van der Waals surface area contributed by atoms with Crippen LogP contribution >= 0.6 is 0 Å². The van der Waals surface area contributed by atoms with E-state index in [0.29, 0.717) is 49.2 Å². The Labute approximate surface area is 176 Å². The molecule has 0 atom stereocenters. The number of aromatic nitrogens is 1. The lowest BCUT2D eigenvalue weighted by Crippen LogP contribution is -2.43. The molecule has 8 nitrogen and oxygen atoms in total. The minimum absolute atomic E-state index is 0.0384. The molecule has 0 saturated carbocycles. The maximum Gasteiger partial charge on any atom is 0.315 e. The molecular weight excluding hydrogens is 384 g/mol. The molecule has 2 N–H and O–H groups in total. The zero-order valence-electron chi connectivity index (χ0n) is 17.4. The van der Waals surface area contributed by atoms with Gasteiger partial charge in [0, 0.05) is 44.1 Å². The van der Waals surface area contributed by atoms with Gasteiger partial charge in [-0.25, -0.2) is 4.79 Å². The SMILES string of the molecule is COc1ccc(CNC(=O)NCC2CCN(C(=O)c3ccncc3)CC2)cc1OC. The third-order valence-corrected chi connectivity index (χ3v) is 5.28. The molecule has 1 aliphatic rings. The predicted octanol–water partition coefficient (Wildman–Crippen LogP) is 2.45. The normalized spacial score (nSPS) is 14.1. The molecule has 30 heavy (non-hydrogen) atoms. The first kappa shape index (κ1) is 21.4. The molecule has 1 saturated heterocycles. The van der Waals surface area contributed by atoms with Crippen molar-refractivity contribution in [2.24, 2.45) is 5.92 Å². The average molecular weight is 412 g/mol. The predicted molar refractivity (Wildman–Crippen MR) is 113 cm³/mol. The molecule has 1 aromatic carbocycles. The zero-order chi connectivity index (χ0) is 21.3. The lowest BCUT2D eigenvalue weighted by molar-refractivity contribution is 0.0690. The van der Waals surface area contributed by atoms with Gasteiger partial charge in [0.25, 0.3) is 5.91 Å². The summed E-state index contributed by atoms with van der Waals surface area (Å²) >= 11 is 0. The molecule has 3 rings (SSSR count). The average Bonchev–Trinajstić information content (AvgIpc) is 2.81. The van der Waals surface area contributed by atoms with E-state index in [1.54, 1.807) is 38.7 Å². The topological polar surface area (TPSA) is 92.8 Å². The molecule has 0 bridgehead atoms. The van der Waals surface area contributed by atoms with Crippen LogP contribution in [0.1, 0.15) is 28.8 Å². The van der Waals surface area contributed by atoms with Crippen LogP contribution in [-0.4, -0.2) is 55.7 Å². The van der Waals surface area contributed by atoms with E-state index >= 15 is 0 Å². The highest BCUT2D eigenvalue weighted by molar-refractivity contribution is 5.94. The second-order valence-electron chi connectivity index (χ2n) is 7.22. The molecule has 0 spiro atoms. The van der Waals surface area contributed by atoms with E-state index in [4.69, 9.17) is 9.47 Å². The lowest BCUT2D eigenvalue weighted by atomic mass is 9.96. The number of nitrogens with zero attached hydrogens (tertiary/aromatic N) is 2. The van der Waals surface area contributed by atoms with Crippen molar-refractivity contribution in [3.8, 4) is 11.5 Å². The van der Waals surface area contributed by atoms with Gasteiger partial charge < -0.3 is 25.0 Å². The molecule has 2 aromatic rings. The third kappa shape index (κ3) is 5.62. The summed E-state index contributed by atoms with van der Waals surface area (Å²) in [4.78, 5) is 30.4. The van der Waals surface area contributed by atoms with Crippen LogP contribution in [0.2, 0.25) is 0 Å². The van der Waals surface area contributed by atoms with E-state index in [1.807, 2.05) is 23.1 Å². The van der Waals surface area contributed by atoms with Crippen LogP contribution in [0.25, 0.3) is 0 Å². The van der Waals surface area contributed by atoms with Crippen molar-refractivity contribution in [3.05, 3.63) is 53.9 Å². The number of piperidine rings is 1. The summed E-state index contributed by atoms with van der Waals surface area (Å²) in [6.45, 7) is 2.38. The van der Waals surface area contributed by atoms with E-state index in [2.05, 4.69) is 15.6 Å². The summed E-state index contributed by atoms with van der Waals surface area (Å²) in [5.74, 6) is 1.68. The van der Waals surface area contributed by atoms with Gasteiger partial charge in [-0.1, -0.05) is 6.07 Å². The van der Waals surface area contributed by atoms with Crippen molar-refractivity contribution in [1.82, 2.24) is 20.5 Å². The first-order chi connectivity index (χ1) is 14.6. The Balaban J connectivity index is 1.38. The van der Waals surface area contributed by atoms with E-state index < -0.39 is 0 Å². The Morgan fingerprint density at radius 1 is 1.03 bits per heavy atom. The van der Waals surface area contributed by atoms with E-state index in [9.17, 15) is 9.59 Å². The number of hydrogen-bond acceptors (Lipinski definition) is 5. The smallest absolute Gasteiger partial charge is 0.315 e. The molecular formula is C22H28N4O4. The second kappa shape index (κ2) is 10.5. The molecule has 1 aliphatic heterocycles. The van der Waals surface area contributed by atoms with Crippen LogP contribution in [0.4, 0.5) is 4.79 Å². The monoisotopic (exact) mass is 412 g/mol. The standard InChI is InChI=1S/C22H28N4O4/c1-29-19-4-3-17(13-20(19)30-2)15-25-22(28)24-14-16-7-11-26(12-8-16)21(27)18-5-9-23-10-6-18/h3-6,9-10,13,16H,7-8,11-12,14-15H2,1-2H3,(H2,24,25,28). The Morgan fingerprint density at radius 3 is 2.40 bits per heavy atom. The number of benzene rings is 1. The second-order valence-corrected chi connectivity index (χ2v) is 7.22. The Morgan fingerprint density at radius 2 is 1.73 bits per heavy atom. The summed E-state index contributed by atoms with van der Waals surface area (Å²) < 4.78 is 10.5. The fourth-order valence-corrected chi connectivity index (χ4v) is 3.49. The largest absolute Gasteiger partial charge is 0.493 e. The number of ether oxygens (including phenoxy) is 2. The molecule has 3 amide bonds. The summed E-state index contributed by atoms with van der Waals surface area (Å²) in [6, 6.07) is 8.80. The van der Waals surface area contributed by atoms with Crippen LogP contribution < -0.4 is 20.1 Å². The quantitative estimate of drug-likeness (QED) is 0.729. The van der Waals surface area contributed by atoms with Crippen molar-refractivity contribution in [2.45, 2.75) is 19.4 Å². The molecule has 160 valence electrons. The van der Waals surface area contributed by atoms with E-state index in [1.165, 1.54) is 0 Å². The number of carbonyl (C=O) groups excluding carboxylic acids is 2. The number of methoxy groups -OCH3 is 2. The third-order valence-electron chi connectivity index (χ3n) is 5.28. The minimum Gasteiger partial charge on any atom is -0.493 e.